The molecule has 5 nitrogen and oxygen atoms in total. The molecule has 1 rings (SSSR count). The summed E-state index contributed by atoms with van der Waals surface area (Å²) in [6, 6.07) is 3.39. The fourth-order valence-corrected chi connectivity index (χ4v) is 0.972. The van der Waals surface area contributed by atoms with Crippen molar-refractivity contribution in [3.05, 3.63) is 18.3 Å². The SMILES string of the molecule is C=NN(C(N)=S)c1ncccc1N. The van der Waals surface area contributed by atoms with Gasteiger partial charge in [0, 0.05) is 12.9 Å². The van der Waals surface area contributed by atoms with Gasteiger partial charge in [0.25, 0.3) is 0 Å². The number of hydrogen-bond donors (Lipinski definition) is 2. The van der Waals surface area contributed by atoms with Gasteiger partial charge < -0.3 is 11.5 Å². The zero-order valence-corrected chi connectivity index (χ0v) is 7.66. The highest BCUT2D eigenvalue weighted by molar-refractivity contribution is 7.80. The first-order valence-corrected chi connectivity index (χ1v) is 3.84. The van der Waals surface area contributed by atoms with E-state index in [9.17, 15) is 0 Å². The van der Waals surface area contributed by atoms with Gasteiger partial charge in [-0.1, -0.05) is 0 Å². The third kappa shape index (κ3) is 1.91. The maximum absolute atomic E-state index is 5.63. The lowest BCUT2D eigenvalue weighted by Gasteiger charge is -2.15. The molecule has 0 fully saturated rings. The molecule has 0 saturated heterocycles. The smallest absolute Gasteiger partial charge is 0.193 e. The Labute approximate surface area is 81.0 Å². The van der Waals surface area contributed by atoms with Gasteiger partial charge in [0.05, 0.1) is 5.69 Å². The summed E-state index contributed by atoms with van der Waals surface area (Å²) >= 11 is 4.73. The molecule has 6 heteroatoms. The number of thiocarbonyl (C=S) groups is 1. The molecule has 4 N–H and O–H groups in total. The van der Waals surface area contributed by atoms with Crippen molar-refractivity contribution in [3.63, 3.8) is 0 Å². The molecule has 68 valence electrons. The molecule has 1 heterocycles. The lowest BCUT2D eigenvalue weighted by atomic mass is 10.4. The van der Waals surface area contributed by atoms with Crippen molar-refractivity contribution in [2.45, 2.75) is 0 Å². The van der Waals surface area contributed by atoms with Gasteiger partial charge in [-0.25, -0.2) is 4.98 Å². The van der Waals surface area contributed by atoms with Crippen LogP contribution in [0.1, 0.15) is 0 Å². The zero-order chi connectivity index (χ0) is 9.84. The molecule has 0 bridgehead atoms. The summed E-state index contributed by atoms with van der Waals surface area (Å²) in [6.07, 6.45) is 1.57. The van der Waals surface area contributed by atoms with Gasteiger partial charge in [-0.2, -0.15) is 10.1 Å². The molecular formula is C7H9N5S. The number of nitrogens with zero attached hydrogens (tertiary/aromatic N) is 3. The van der Waals surface area contributed by atoms with E-state index in [0.717, 1.165) is 0 Å². The molecule has 0 unspecified atom stereocenters. The number of aromatic nitrogens is 1. The molecule has 0 aromatic carbocycles. The number of nitrogen functional groups attached to an aromatic ring is 1. The van der Waals surface area contributed by atoms with E-state index >= 15 is 0 Å². The average molecular weight is 195 g/mol. The summed E-state index contributed by atoms with van der Waals surface area (Å²) in [6.45, 7) is 3.31. The van der Waals surface area contributed by atoms with Crippen LogP contribution in [0.15, 0.2) is 23.4 Å². The first-order chi connectivity index (χ1) is 6.16. The van der Waals surface area contributed by atoms with Crippen molar-refractivity contribution >= 4 is 35.6 Å². The minimum atomic E-state index is 0.0559. The van der Waals surface area contributed by atoms with Crippen molar-refractivity contribution in [2.24, 2.45) is 10.8 Å². The Morgan fingerprint density at radius 3 is 2.85 bits per heavy atom. The Hall–Kier alpha value is -1.69. The third-order valence-electron chi connectivity index (χ3n) is 1.37. The molecule has 1 aromatic rings. The Kier molecular flexibility index (Phi) is 2.76. The van der Waals surface area contributed by atoms with Gasteiger partial charge in [-0.05, 0) is 24.4 Å². The van der Waals surface area contributed by atoms with E-state index in [-0.39, 0.29) is 5.11 Å². The van der Waals surface area contributed by atoms with E-state index in [1.807, 2.05) is 0 Å². The molecule has 0 saturated carbocycles. The lowest BCUT2D eigenvalue weighted by Crippen LogP contribution is -2.31. The summed E-state index contributed by atoms with van der Waals surface area (Å²) in [5.41, 5.74) is 11.5. The molecule has 0 aliphatic heterocycles. The maximum atomic E-state index is 5.63. The normalized spacial score (nSPS) is 9.23. The van der Waals surface area contributed by atoms with Crippen LogP contribution in [0, 0.1) is 0 Å². The lowest BCUT2D eigenvalue weighted by molar-refractivity contribution is 1.09. The zero-order valence-electron chi connectivity index (χ0n) is 6.84. The van der Waals surface area contributed by atoms with Crippen molar-refractivity contribution in [3.8, 4) is 0 Å². The van der Waals surface area contributed by atoms with Gasteiger partial charge in [0.15, 0.2) is 10.9 Å². The van der Waals surface area contributed by atoms with Gasteiger partial charge in [-0.3, -0.25) is 0 Å². The molecule has 13 heavy (non-hydrogen) atoms. The molecule has 0 spiro atoms. The fraction of sp³-hybridized carbons (Fsp3) is 0. The van der Waals surface area contributed by atoms with E-state index < -0.39 is 0 Å². The van der Waals surface area contributed by atoms with Gasteiger partial charge in [0.1, 0.15) is 0 Å². The Balaban J connectivity index is 3.12. The Bertz CT molecular complexity index is 337. The predicted molar refractivity (Wildman–Crippen MR) is 57.5 cm³/mol. The molecular weight excluding hydrogens is 186 g/mol. The van der Waals surface area contributed by atoms with Gasteiger partial charge >= 0.3 is 0 Å². The van der Waals surface area contributed by atoms with Gasteiger partial charge in [0.2, 0.25) is 0 Å². The number of hydrazone groups is 1. The molecule has 1 aromatic heterocycles. The summed E-state index contributed by atoms with van der Waals surface area (Å²) < 4.78 is 0. The van der Waals surface area contributed by atoms with Crippen LogP contribution in [-0.4, -0.2) is 16.8 Å². The molecule has 0 atom stereocenters. The van der Waals surface area contributed by atoms with Crippen LogP contribution in [-0.2, 0) is 0 Å². The van der Waals surface area contributed by atoms with E-state index in [4.69, 9.17) is 23.7 Å². The van der Waals surface area contributed by atoms with Crippen molar-refractivity contribution < 1.29 is 0 Å². The minimum absolute atomic E-state index is 0.0559. The highest BCUT2D eigenvalue weighted by atomic mass is 32.1. The summed E-state index contributed by atoms with van der Waals surface area (Å²) in [7, 11) is 0. The maximum Gasteiger partial charge on any atom is 0.193 e. The van der Waals surface area contributed by atoms with Gasteiger partial charge in [-0.15, -0.1) is 0 Å². The van der Waals surface area contributed by atoms with Crippen LogP contribution in [0.3, 0.4) is 0 Å². The standard InChI is InChI=1S/C7H9N5S/c1-10-12(7(9)13)6-5(8)3-2-4-11-6/h2-4H,1,8H2,(H2,9,13). The second kappa shape index (κ2) is 3.81. The van der Waals surface area contributed by atoms with Crippen LogP contribution in [0.5, 0.6) is 0 Å². The number of nitrogens with two attached hydrogens (primary N) is 2. The predicted octanol–water partition coefficient (Wildman–Crippen LogP) is 0.329. The van der Waals surface area contributed by atoms with Crippen LogP contribution < -0.4 is 16.5 Å². The largest absolute Gasteiger partial charge is 0.396 e. The highest BCUT2D eigenvalue weighted by Crippen LogP contribution is 2.18. The summed E-state index contributed by atoms with van der Waals surface area (Å²) in [5, 5.41) is 4.85. The second-order valence-electron chi connectivity index (χ2n) is 2.21. The summed E-state index contributed by atoms with van der Waals surface area (Å²) in [4.78, 5) is 3.97. The quantitative estimate of drug-likeness (QED) is 0.404. The third-order valence-corrected chi connectivity index (χ3v) is 1.54. The fourth-order valence-electron chi connectivity index (χ4n) is 0.827. The molecule has 0 aliphatic carbocycles. The Morgan fingerprint density at radius 2 is 2.38 bits per heavy atom. The number of hydrogen-bond acceptors (Lipinski definition) is 4. The van der Waals surface area contributed by atoms with Crippen molar-refractivity contribution in [1.82, 2.24) is 4.98 Å². The van der Waals surface area contributed by atoms with Crippen LogP contribution >= 0.6 is 12.2 Å². The number of pyridine rings is 1. The van der Waals surface area contributed by atoms with Crippen molar-refractivity contribution in [2.75, 3.05) is 10.7 Å². The number of rotatable bonds is 2. The first kappa shape index (κ1) is 9.40. The van der Waals surface area contributed by atoms with Crippen molar-refractivity contribution in [1.29, 1.82) is 0 Å². The minimum Gasteiger partial charge on any atom is -0.396 e. The molecule has 0 aliphatic rings. The van der Waals surface area contributed by atoms with E-state index in [2.05, 4.69) is 16.8 Å². The molecule has 0 amide bonds. The Morgan fingerprint density at radius 1 is 1.69 bits per heavy atom. The van der Waals surface area contributed by atoms with E-state index in [1.165, 1.54) is 5.01 Å². The first-order valence-electron chi connectivity index (χ1n) is 3.43. The second-order valence-corrected chi connectivity index (χ2v) is 2.63. The molecule has 0 radical (unpaired) electrons. The monoisotopic (exact) mass is 195 g/mol. The number of anilines is 2. The van der Waals surface area contributed by atoms with Crippen LogP contribution in [0.2, 0.25) is 0 Å². The summed E-state index contributed by atoms with van der Waals surface area (Å²) in [5.74, 6) is 0.394. The van der Waals surface area contributed by atoms with E-state index in [0.29, 0.717) is 11.5 Å². The van der Waals surface area contributed by atoms with Crippen LogP contribution in [0.25, 0.3) is 0 Å². The van der Waals surface area contributed by atoms with Crippen LogP contribution in [0.4, 0.5) is 11.5 Å². The average Bonchev–Trinajstić information content (AvgIpc) is 2.09. The van der Waals surface area contributed by atoms with E-state index in [1.54, 1.807) is 18.3 Å². The highest BCUT2D eigenvalue weighted by Gasteiger charge is 2.10. The topological polar surface area (TPSA) is 80.5 Å².